The van der Waals surface area contributed by atoms with E-state index in [1.807, 2.05) is 11.8 Å². The lowest BCUT2D eigenvalue weighted by molar-refractivity contribution is 0.642. The van der Waals surface area contributed by atoms with E-state index in [9.17, 15) is 0 Å². The summed E-state index contributed by atoms with van der Waals surface area (Å²) < 4.78 is 0. The van der Waals surface area contributed by atoms with Gasteiger partial charge in [0.15, 0.2) is 0 Å². The summed E-state index contributed by atoms with van der Waals surface area (Å²) in [6.07, 6.45) is 2.72. The smallest absolute Gasteiger partial charge is 0.0208 e. The van der Waals surface area contributed by atoms with Gasteiger partial charge in [-0.25, -0.2) is 0 Å². The molecule has 1 saturated carbocycles. The first kappa shape index (κ1) is 14.0. The van der Waals surface area contributed by atoms with Gasteiger partial charge in [0, 0.05) is 22.7 Å². The van der Waals surface area contributed by atoms with Gasteiger partial charge in [-0.15, -0.1) is 11.8 Å². The lowest BCUT2D eigenvalue weighted by Gasteiger charge is -2.17. The Kier molecular flexibility index (Phi) is 4.74. The summed E-state index contributed by atoms with van der Waals surface area (Å²) in [5.41, 5.74) is 2.84. The monoisotopic (exact) mass is 263 g/mol. The largest absolute Gasteiger partial charge is 0.310 e. The predicted molar refractivity (Wildman–Crippen MR) is 81.2 cm³/mol. The second-order valence-electron chi connectivity index (χ2n) is 5.82. The zero-order valence-corrected chi connectivity index (χ0v) is 12.8. The third-order valence-corrected chi connectivity index (χ3v) is 5.29. The predicted octanol–water partition coefficient (Wildman–Crippen LogP) is 4.38. The highest BCUT2D eigenvalue weighted by Crippen LogP contribution is 2.30. The molecule has 1 aromatic carbocycles. The fourth-order valence-corrected chi connectivity index (χ4v) is 2.90. The minimum absolute atomic E-state index is 0.680. The lowest BCUT2D eigenvalue weighted by Crippen LogP contribution is -2.15. The zero-order chi connectivity index (χ0) is 13.1. The molecule has 1 N–H and O–H groups in total. The van der Waals surface area contributed by atoms with Gasteiger partial charge in [0.1, 0.15) is 0 Å². The first-order valence-corrected chi connectivity index (χ1v) is 7.94. The number of hydrogen-bond donors (Lipinski definition) is 1. The zero-order valence-electron chi connectivity index (χ0n) is 12.0. The van der Waals surface area contributed by atoms with Crippen molar-refractivity contribution < 1.29 is 0 Å². The van der Waals surface area contributed by atoms with E-state index >= 15 is 0 Å². The van der Waals surface area contributed by atoms with Crippen LogP contribution in [-0.4, -0.2) is 11.3 Å². The molecule has 0 heterocycles. The van der Waals surface area contributed by atoms with Crippen LogP contribution in [-0.2, 0) is 6.54 Å². The summed E-state index contributed by atoms with van der Waals surface area (Å²) in [6.45, 7) is 10.2. The van der Waals surface area contributed by atoms with Gasteiger partial charge in [-0.1, -0.05) is 32.9 Å². The number of nitrogens with one attached hydrogen (secondary N) is 1. The molecule has 1 unspecified atom stereocenters. The van der Waals surface area contributed by atoms with Gasteiger partial charge < -0.3 is 5.32 Å². The van der Waals surface area contributed by atoms with E-state index in [2.05, 4.69) is 51.2 Å². The van der Waals surface area contributed by atoms with Gasteiger partial charge >= 0.3 is 0 Å². The van der Waals surface area contributed by atoms with Crippen molar-refractivity contribution in [2.75, 3.05) is 0 Å². The Morgan fingerprint density at radius 3 is 2.56 bits per heavy atom. The summed E-state index contributed by atoms with van der Waals surface area (Å²) >= 11 is 2.00. The summed E-state index contributed by atoms with van der Waals surface area (Å²) in [7, 11) is 0. The molecule has 1 aliphatic rings. The molecule has 2 heteroatoms. The fraction of sp³-hybridized carbons (Fsp3) is 0.625. The molecule has 0 radical (unpaired) electrons. The summed E-state index contributed by atoms with van der Waals surface area (Å²) in [6, 6.07) is 7.70. The molecule has 100 valence electrons. The van der Waals surface area contributed by atoms with Crippen molar-refractivity contribution in [1.29, 1.82) is 0 Å². The third-order valence-electron chi connectivity index (χ3n) is 3.66. The SMILES string of the molecule is Cc1cc(CNC2CC2)ccc1SC(C)C(C)C. The van der Waals surface area contributed by atoms with Crippen LogP contribution in [0.1, 0.15) is 44.7 Å². The Labute approximate surface area is 116 Å². The maximum atomic E-state index is 3.57. The first-order chi connectivity index (χ1) is 8.56. The average Bonchev–Trinajstić information content (AvgIpc) is 3.13. The number of rotatable bonds is 6. The van der Waals surface area contributed by atoms with Crippen molar-refractivity contribution in [3.63, 3.8) is 0 Å². The Morgan fingerprint density at radius 1 is 1.28 bits per heavy atom. The summed E-state index contributed by atoms with van der Waals surface area (Å²) in [4.78, 5) is 1.44. The third kappa shape index (κ3) is 4.03. The van der Waals surface area contributed by atoms with Gasteiger partial charge in [0.25, 0.3) is 0 Å². The van der Waals surface area contributed by atoms with E-state index in [1.54, 1.807) is 0 Å². The summed E-state index contributed by atoms with van der Waals surface area (Å²) in [5.74, 6) is 0.727. The molecule has 1 aromatic rings. The average molecular weight is 263 g/mol. The van der Waals surface area contributed by atoms with Crippen LogP contribution >= 0.6 is 11.8 Å². The van der Waals surface area contributed by atoms with Crippen molar-refractivity contribution in [3.8, 4) is 0 Å². The molecule has 1 fully saturated rings. The van der Waals surface area contributed by atoms with Crippen molar-refractivity contribution >= 4 is 11.8 Å². The molecular weight excluding hydrogens is 238 g/mol. The number of hydrogen-bond acceptors (Lipinski definition) is 2. The van der Waals surface area contributed by atoms with Crippen LogP contribution in [0.15, 0.2) is 23.1 Å². The highest BCUT2D eigenvalue weighted by atomic mass is 32.2. The molecule has 0 bridgehead atoms. The normalized spacial score (nSPS) is 17.2. The molecule has 1 aliphatic carbocycles. The molecule has 0 aromatic heterocycles. The van der Waals surface area contributed by atoms with E-state index < -0.39 is 0 Å². The Balaban J connectivity index is 1.95. The Hall–Kier alpha value is -0.470. The first-order valence-electron chi connectivity index (χ1n) is 7.06. The van der Waals surface area contributed by atoms with Crippen molar-refractivity contribution in [3.05, 3.63) is 29.3 Å². The highest BCUT2D eigenvalue weighted by molar-refractivity contribution is 8.00. The maximum Gasteiger partial charge on any atom is 0.0208 e. The molecular formula is C16H25NS. The van der Waals surface area contributed by atoms with E-state index in [0.717, 1.165) is 18.5 Å². The van der Waals surface area contributed by atoms with Crippen LogP contribution in [0.5, 0.6) is 0 Å². The van der Waals surface area contributed by atoms with Crippen LogP contribution < -0.4 is 5.32 Å². The van der Waals surface area contributed by atoms with Gasteiger partial charge in [-0.2, -0.15) is 0 Å². The van der Waals surface area contributed by atoms with E-state index in [0.29, 0.717) is 5.25 Å². The Morgan fingerprint density at radius 2 is 2.00 bits per heavy atom. The molecule has 1 nitrogen and oxygen atoms in total. The molecule has 2 rings (SSSR count). The van der Waals surface area contributed by atoms with Crippen LogP contribution in [0.3, 0.4) is 0 Å². The second-order valence-corrected chi connectivity index (χ2v) is 7.24. The quantitative estimate of drug-likeness (QED) is 0.764. The van der Waals surface area contributed by atoms with Gasteiger partial charge in [0.05, 0.1) is 0 Å². The van der Waals surface area contributed by atoms with Crippen LogP contribution in [0.25, 0.3) is 0 Å². The van der Waals surface area contributed by atoms with Gasteiger partial charge in [-0.05, 0) is 42.9 Å². The van der Waals surface area contributed by atoms with Gasteiger partial charge in [0.2, 0.25) is 0 Å². The topological polar surface area (TPSA) is 12.0 Å². The minimum Gasteiger partial charge on any atom is -0.310 e. The molecule has 0 amide bonds. The standard InChI is InChI=1S/C16H25NS/c1-11(2)13(4)18-16-8-5-14(9-12(16)3)10-17-15-6-7-15/h5,8-9,11,13,15,17H,6-7,10H2,1-4H3. The summed E-state index contributed by atoms with van der Waals surface area (Å²) in [5, 5.41) is 4.25. The van der Waals surface area contributed by atoms with Gasteiger partial charge in [-0.3, -0.25) is 0 Å². The number of thioether (sulfide) groups is 1. The van der Waals surface area contributed by atoms with Crippen LogP contribution in [0, 0.1) is 12.8 Å². The molecule has 0 saturated heterocycles. The van der Waals surface area contributed by atoms with Crippen molar-refractivity contribution in [1.82, 2.24) is 5.32 Å². The molecule has 18 heavy (non-hydrogen) atoms. The van der Waals surface area contributed by atoms with Crippen LogP contribution in [0.2, 0.25) is 0 Å². The van der Waals surface area contributed by atoms with E-state index in [-0.39, 0.29) is 0 Å². The van der Waals surface area contributed by atoms with Crippen molar-refractivity contribution in [2.45, 2.75) is 63.3 Å². The molecule has 0 aliphatic heterocycles. The molecule has 0 spiro atoms. The fourth-order valence-electron chi connectivity index (χ4n) is 1.84. The van der Waals surface area contributed by atoms with E-state index in [1.165, 1.54) is 28.9 Å². The number of aryl methyl sites for hydroxylation is 1. The minimum atomic E-state index is 0.680. The van der Waals surface area contributed by atoms with Crippen molar-refractivity contribution in [2.24, 2.45) is 5.92 Å². The lowest BCUT2D eigenvalue weighted by atomic mass is 10.1. The highest BCUT2D eigenvalue weighted by Gasteiger charge is 2.20. The second kappa shape index (κ2) is 6.12. The molecule has 1 atom stereocenters. The number of benzene rings is 1. The Bertz CT molecular complexity index is 396. The maximum absolute atomic E-state index is 3.57. The van der Waals surface area contributed by atoms with E-state index in [4.69, 9.17) is 0 Å². The van der Waals surface area contributed by atoms with Crippen LogP contribution in [0.4, 0.5) is 0 Å².